The van der Waals surface area contributed by atoms with Crippen molar-refractivity contribution < 1.29 is 19.9 Å². The SMILES string of the molecule is O=C(O)[C@@H]1C[C@H]1B(O)O. The largest absolute Gasteiger partial charge is 0.481 e. The second kappa shape index (κ2) is 2.00. The molecular formula is C4H7BO4. The molecule has 0 heterocycles. The Morgan fingerprint density at radius 3 is 2.22 bits per heavy atom. The number of aliphatic carboxylic acids is 1. The molecule has 4 nitrogen and oxygen atoms in total. The third kappa shape index (κ3) is 1.23. The van der Waals surface area contributed by atoms with Crippen LogP contribution in [0.4, 0.5) is 0 Å². The van der Waals surface area contributed by atoms with E-state index in [9.17, 15) is 4.79 Å². The van der Waals surface area contributed by atoms with Crippen LogP contribution in [0.2, 0.25) is 5.82 Å². The van der Waals surface area contributed by atoms with Crippen LogP contribution in [0.3, 0.4) is 0 Å². The summed E-state index contributed by atoms with van der Waals surface area (Å²) in [5, 5.41) is 25.1. The summed E-state index contributed by atoms with van der Waals surface area (Å²) in [5.41, 5.74) is 0. The summed E-state index contributed by atoms with van der Waals surface area (Å²) in [4.78, 5) is 10.1. The second-order valence-corrected chi connectivity index (χ2v) is 2.26. The highest BCUT2D eigenvalue weighted by Gasteiger charge is 2.50. The zero-order chi connectivity index (χ0) is 7.02. The van der Waals surface area contributed by atoms with Crippen LogP contribution in [0.5, 0.6) is 0 Å². The van der Waals surface area contributed by atoms with Crippen LogP contribution in [-0.2, 0) is 4.79 Å². The first-order chi connectivity index (χ1) is 4.13. The topological polar surface area (TPSA) is 77.8 Å². The normalized spacial score (nSPS) is 31.8. The van der Waals surface area contributed by atoms with E-state index >= 15 is 0 Å². The zero-order valence-corrected chi connectivity index (χ0v) is 4.69. The van der Waals surface area contributed by atoms with Gasteiger partial charge in [-0.25, -0.2) is 0 Å². The molecule has 1 rings (SSSR count). The number of hydrogen-bond donors (Lipinski definition) is 3. The van der Waals surface area contributed by atoms with Crippen molar-refractivity contribution in [2.24, 2.45) is 5.92 Å². The maximum absolute atomic E-state index is 10.1. The van der Waals surface area contributed by atoms with Gasteiger partial charge in [0.15, 0.2) is 0 Å². The molecule has 0 aromatic rings. The smallest absolute Gasteiger partial charge is 0.455 e. The molecule has 0 amide bonds. The van der Waals surface area contributed by atoms with E-state index in [-0.39, 0.29) is 0 Å². The van der Waals surface area contributed by atoms with Crippen LogP contribution >= 0.6 is 0 Å². The van der Waals surface area contributed by atoms with E-state index in [1.165, 1.54) is 0 Å². The Bertz CT molecular complexity index is 135. The van der Waals surface area contributed by atoms with Gasteiger partial charge in [-0.2, -0.15) is 0 Å². The molecule has 1 saturated carbocycles. The molecule has 3 N–H and O–H groups in total. The van der Waals surface area contributed by atoms with Gasteiger partial charge in [0.2, 0.25) is 0 Å². The van der Waals surface area contributed by atoms with Crippen LogP contribution in [-0.4, -0.2) is 28.2 Å². The van der Waals surface area contributed by atoms with Crippen molar-refractivity contribution in [2.45, 2.75) is 12.2 Å². The standard InChI is InChI=1S/C4H7BO4/c6-4(7)2-1-3(2)5(8)9/h2-3,8-9H,1H2,(H,6,7)/t2-,3-/m1/s1. The minimum Gasteiger partial charge on any atom is -0.481 e. The van der Waals surface area contributed by atoms with Crippen molar-refractivity contribution in [3.8, 4) is 0 Å². The van der Waals surface area contributed by atoms with Crippen molar-refractivity contribution in [3.63, 3.8) is 0 Å². The fourth-order valence-electron chi connectivity index (χ4n) is 0.828. The Kier molecular flexibility index (Phi) is 1.46. The second-order valence-electron chi connectivity index (χ2n) is 2.26. The van der Waals surface area contributed by atoms with Gasteiger partial charge >= 0.3 is 13.1 Å². The summed E-state index contributed by atoms with van der Waals surface area (Å²) in [6.07, 6.45) is 0.396. The molecule has 0 radical (unpaired) electrons. The Balaban J connectivity index is 2.33. The lowest BCUT2D eigenvalue weighted by Gasteiger charge is -1.90. The van der Waals surface area contributed by atoms with E-state index in [1.807, 2.05) is 0 Å². The van der Waals surface area contributed by atoms with Gasteiger partial charge in [-0.05, 0) is 6.42 Å². The Hall–Kier alpha value is -0.545. The number of carboxylic acids is 1. The summed E-state index contributed by atoms with van der Waals surface area (Å²) in [6.45, 7) is 0. The van der Waals surface area contributed by atoms with Crippen molar-refractivity contribution in [2.75, 3.05) is 0 Å². The van der Waals surface area contributed by atoms with E-state index < -0.39 is 24.8 Å². The molecule has 50 valence electrons. The molecule has 9 heavy (non-hydrogen) atoms. The molecule has 0 saturated heterocycles. The van der Waals surface area contributed by atoms with Gasteiger partial charge < -0.3 is 15.2 Å². The van der Waals surface area contributed by atoms with E-state index in [4.69, 9.17) is 15.2 Å². The first kappa shape index (κ1) is 6.57. The van der Waals surface area contributed by atoms with Gasteiger partial charge in [-0.15, -0.1) is 0 Å². The molecule has 0 aliphatic heterocycles. The van der Waals surface area contributed by atoms with Gasteiger partial charge in [0.25, 0.3) is 0 Å². The van der Waals surface area contributed by atoms with Crippen LogP contribution in [0, 0.1) is 5.92 Å². The van der Waals surface area contributed by atoms with Crippen LogP contribution < -0.4 is 0 Å². The number of carbonyl (C=O) groups is 1. The van der Waals surface area contributed by atoms with Crippen molar-refractivity contribution in [3.05, 3.63) is 0 Å². The number of hydrogen-bond acceptors (Lipinski definition) is 3. The maximum Gasteiger partial charge on any atom is 0.455 e. The average Bonchev–Trinajstić information content (AvgIpc) is 2.39. The predicted molar refractivity (Wildman–Crippen MR) is 29.7 cm³/mol. The molecule has 0 aromatic carbocycles. The average molecular weight is 130 g/mol. The molecule has 0 bridgehead atoms. The van der Waals surface area contributed by atoms with Crippen molar-refractivity contribution in [1.29, 1.82) is 0 Å². The lowest BCUT2D eigenvalue weighted by Crippen LogP contribution is -2.13. The molecule has 1 fully saturated rings. The molecular weight excluding hydrogens is 123 g/mol. The lowest BCUT2D eigenvalue weighted by atomic mass is 9.82. The molecule has 0 spiro atoms. The summed E-state index contributed by atoms with van der Waals surface area (Å²) in [5.74, 6) is -1.89. The van der Waals surface area contributed by atoms with Gasteiger partial charge in [-0.1, -0.05) is 0 Å². The minimum absolute atomic E-state index is 0.396. The van der Waals surface area contributed by atoms with Crippen LogP contribution in [0.25, 0.3) is 0 Å². The quantitative estimate of drug-likeness (QED) is 0.416. The molecule has 0 aromatic heterocycles. The maximum atomic E-state index is 10.1. The van der Waals surface area contributed by atoms with E-state index in [1.54, 1.807) is 0 Å². The fourth-order valence-corrected chi connectivity index (χ4v) is 0.828. The highest BCUT2D eigenvalue weighted by molar-refractivity contribution is 6.45. The van der Waals surface area contributed by atoms with Crippen molar-refractivity contribution >= 4 is 13.1 Å². The lowest BCUT2D eigenvalue weighted by molar-refractivity contribution is -0.138. The van der Waals surface area contributed by atoms with E-state index in [2.05, 4.69) is 0 Å². The minimum atomic E-state index is -1.45. The Morgan fingerprint density at radius 1 is 1.56 bits per heavy atom. The number of rotatable bonds is 2. The van der Waals surface area contributed by atoms with E-state index in [0.717, 1.165) is 0 Å². The molecule has 1 aliphatic rings. The summed E-state index contributed by atoms with van der Waals surface area (Å²) in [7, 11) is -1.45. The highest BCUT2D eigenvalue weighted by atomic mass is 16.4. The summed E-state index contributed by atoms with van der Waals surface area (Å²) >= 11 is 0. The van der Waals surface area contributed by atoms with Gasteiger partial charge in [0.1, 0.15) is 0 Å². The Morgan fingerprint density at radius 2 is 2.11 bits per heavy atom. The zero-order valence-electron chi connectivity index (χ0n) is 4.69. The molecule has 0 unspecified atom stereocenters. The van der Waals surface area contributed by atoms with Gasteiger partial charge in [0.05, 0.1) is 5.92 Å². The highest BCUT2D eigenvalue weighted by Crippen LogP contribution is 2.45. The van der Waals surface area contributed by atoms with Crippen molar-refractivity contribution in [1.82, 2.24) is 0 Å². The Labute approximate surface area is 52.3 Å². The fraction of sp³-hybridized carbons (Fsp3) is 0.750. The molecule has 2 atom stereocenters. The molecule has 1 aliphatic carbocycles. The predicted octanol–water partition coefficient (Wildman–Crippen LogP) is -1.07. The van der Waals surface area contributed by atoms with Gasteiger partial charge in [-0.3, -0.25) is 4.79 Å². The van der Waals surface area contributed by atoms with Crippen LogP contribution in [0.1, 0.15) is 6.42 Å². The van der Waals surface area contributed by atoms with Crippen LogP contribution in [0.15, 0.2) is 0 Å². The molecule has 5 heteroatoms. The third-order valence-corrected chi connectivity index (χ3v) is 1.54. The first-order valence-electron chi connectivity index (χ1n) is 2.72. The number of carboxylic acid groups (broad SMARTS) is 1. The summed E-state index contributed by atoms with van der Waals surface area (Å²) < 4.78 is 0. The first-order valence-corrected chi connectivity index (χ1v) is 2.72. The van der Waals surface area contributed by atoms with Gasteiger partial charge in [0, 0.05) is 5.82 Å². The summed E-state index contributed by atoms with van der Waals surface area (Å²) in [6, 6.07) is 0. The third-order valence-electron chi connectivity index (χ3n) is 1.54. The monoisotopic (exact) mass is 130 g/mol. The van der Waals surface area contributed by atoms with E-state index in [0.29, 0.717) is 6.42 Å².